The Morgan fingerprint density at radius 1 is 1.00 bits per heavy atom. The van der Waals surface area contributed by atoms with Gasteiger partial charge in [-0.3, -0.25) is 14.3 Å². The van der Waals surface area contributed by atoms with Crippen molar-refractivity contribution in [2.75, 3.05) is 37.4 Å². The second kappa shape index (κ2) is 17.3. The number of aliphatic hydroxyl groups is 3. The Hall–Kier alpha value is -3.86. The molecule has 0 spiro atoms. The third kappa shape index (κ3) is 8.36. The van der Waals surface area contributed by atoms with Crippen molar-refractivity contribution in [3.05, 3.63) is 86.7 Å². The normalized spacial score (nSPS) is 20.0. The monoisotopic (exact) mass is 795 g/mol. The van der Waals surface area contributed by atoms with Crippen LogP contribution in [0.15, 0.2) is 55.1 Å². The molecule has 16 heteroatoms. The number of nitrogens with one attached hydrogen (secondary N) is 1. The van der Waals surface area contributed by atoms with E-state index in [1.165, 1.54) is 46.3 Å². The Morgan fingerprint density at radius 3 is 2.54 bits per heavy atom. The van der Waals surface area contributed by atoms with Crippen LogP contribution in [-0.2, 0) is 17.7 Å². The number of nitrogens with zero attached hydrogens (tertiary/aromatic N) is 5. The minimum Gasteiger partial charge on any atom is -0.494 e. The average Bonchev–Trinajstić information content (AvgIpc) is 3.84. The van der Waals surface area contributed by atoms with Crippen molar-refractivity contribution in [2.45, 2.75) is 76.0 Å². The van der Waals surface area contributed by atoms with E-state index < -0.39 is 31.1 Å². The summed E-state index contributed by atoms with van der Waals surface area (Å²) in [7, 11) is 0. The molecule has 2 aliphatic rings. The van der Waals surface area contributed by atoms with E-state index in [1.54, 1.807) is 18.2 Å². The first-order chi connectivity index (χ1) is 26.2. The van der Waals surface area contributed by atoms with Gasteiger partial charge in [-0.25, -0.2) is 15.0 Å². The summed E-state index contributed by atoms with van der Waals surface area (Å²) >= 11 is 13.7. The summed E-state index contributed by atoms with van der Waals surface area (Å²) in [4.78, 5) is 30.0. The van der Waals surface area contributed by atoms with Crippen molar-refractivity contribution in [3.8, 4) is 5.75 Å². The molecule has 6 N–H and O–H groups in total. The van der Waals surface area contributed by atoms with Gasteiger partial charge in [0.15, 0.2) is 29.0 Å². The summed E-state index contributed by atoms with van der Waals surface area (Å²) in [5, 5.41) is 34.7. The Bertz CT molecular complexity index is 2080. The fraction of sp³-hybridized carbons (Fsp3) is 0.421. The Kier molecular flexibility index (Phi) is 12.3. The van der Waals surface area contributed by atoms with Crippen LogP contribution in [0.2, 0.25) is 10.0 Å². The molecule has 2 aliphatic heterocycles. The molecule has 3 aromatic heterocycles. The minimum atomic E-state index is -1.24. The third-order valence-corrected chi connectivity index (χ3v) is 11.8. The lowest BCUT2D eigenvalue weighted by molar-refractivity contribution is -0.0511. The van der Waals surface area contributed by atoms with Crippen LogP contribution in [0.25, 0.3) is 11.2 Å². The van der Waals surface area contributed by atoms with Crippen molar-refractivity contribution in [1.29, 1.82) is 0 Å². The highest BCUT2D eigenvalue weighted by Gasteiger charge is 2.44. The molecule has 7 rings (SSSR count). The zero-order chi connectivity index (χ0) is 37.8. The maximum absolute atomic E-state index is 13.3. The van der Waals surface area contributed by atoms with Gasteiger partial charge in [-0.05, 0) is 73.8 Å². The average molecular weight is 797 g/mol. The molecule has 1 saturated heterocycles. The second-order valence-corrected chi connectivity index (χ2v) is 15.6. The number of ether oxygens (including phenoxy) is 2. The highest BCUT2D eigenvalue weighted by Crippen LogP contribution is 2.38. The van der Waals surface area contributed by atoms with Gasteiger partial charge in [0.05, 0.1) is 40.2 Å². The van der Waals surface area contributed by atoms with Gasteiger partial charge in [-0.1, -0.05) is 48.9 Å². The molecule has 0 saturated carbocycles. The summed E-state index contributed by atoms with van der Waals surface area (Å²) < 4.78 is 13.2. The first-order valence-electron chi connectivity index (χ1n) is 18.1. The van der Waals surface area contributed by atoms with Crippen molar-refractivity contribution in [1.82, 2.24) is 24.4 Å². The van der Waals surface area contributed by atoms with Crippen LogP contribution in [-0.4, -0.2) is 90.1 Å². The van der Waals surface area contributed by atoms with Crippen LogP contribution in [0.4, 0.5) is 16.5 Å². The number of imidazole rings is 1. The van der Waals surface area contributed by atoms with Gasteiger partial charge in [0.25, 0.3) is 0 Å². The SMILES string of the molecule is Nc1sc2c(c1C(=O)c1ccc(Cl)c(Cl)c1)CCN(CCCCCCCCOc1ccc(Nc3ncnc4c3ncn4[C@@H]3O[C@H](CO)[C@@H](O)[C@H]3O)cc1)C2. The number of nitrogens with two attached hydrogens (primary N) is 1. The van der Waals surface area contributed by atoms with Gasteiger partial charge in [0.2, 0.25) is 0 Å². The number of anilines is 3. The molecule has 1 fully saturated rings. The van der Waals surface area contributed by atoms with E-state index in [0.29, 0.717) is 49.8 Å². The van der Waals surface area contributed by atoms with Gasteiger partial charge < -0.3 is 35.8 Å². The standard InChI is InChI=1S/C38H43Cl2N7O6S/c39-26-12-7-22(17-27(26)40)32(49)30-25-13-15-46(18-29(25)54-35(30)41)14-5-3-1-2-4-6-16-52-24-10-8-23(9-11-24)45-36-31-37(43-20-42-36)47(21-44-31)38-34(51)33(50)28(19-48)53-38/h7-12,17,20-21,28,33-34,38,48,50-51H,1-6,13-16,18-19,41H2,(H,42,43,45)/t28-,33-,34-,38-/m1/s1. The van der Waals surface area contributed by atoms with Crippen molar-refractivity contribution < 1.29 is 29.6 Å². The molecular weight excluding hydrogens is 753 g/mol. The molecule has 2 aromatic carbocycles. The highest BCUT2D eigenvalue weighted by molar-refractivity contribution is 7.16. The van der Waals surface area contributed by atoms with Gasteiger partial charge in [0.1, 0.15) is 30.4 Å². The molecule has 0 aliphatic carbocycles. The maximum Gasteiger partial charge on any atom is 0.196 e. The van der Waals surface area contributed by atoms with Gasteiger partial charge in [-0.15, -0.1) is 11.3 Å². The zero-order valence-electron chi connectivity index (χ0n) is 29.5. The lowest BCUT2D eigenvalue weighted by Crippen LogP contribution is -2.33. The molecule has 0 unspecified atom stereocenters. The smallest absolute Gasteiger partial charge is 0.196 e. The lowest BCUT2D eigenvalue weighted by Gasteiger charge is -2.27. The topological polar surface area (TPSA) is 181 Å². The number of halogens is 2. The van der Waals surface area contributed by atoms with E-state index in [1.807, 2.05) is 24.3 Å². The predicted molar refractivity (Wildman–Crippen MR) is 209 cm³/mol. The number of unbranched alkanes of at least 4 members (excludes halogenated alkanes) is 5. The molecule has 5 heterocycles. The van der Waals surface area contributed by atoms with Crippen LogP contribution in [0.1, 0.15) is 71.1 Å². The van der Waals surface area contributed by atoms with Crippen molar-refractivity contribution in [3.63, 3.8) is 0 Å². The Labute approximate surface area is 326 Å². The lowest BCUT2D eigenvalue weighted by atomic mass is 9.96. The fourth-order valence-electron chi connectivity index (χ4n) is 7.04. The predicted octanol–water partition coefficient (Wildman–Crippen LogP) is 6.14. The zero-order valence-corrected chi connectivity index (χ0v) is 31.9. The van der Waals surface area contributed by atoms with Gasteiger partial charge in [-0.2, -0.15) is 0 Å². The summed E-state index contributed by atoms with van der Waals surface area (Å²) in [6.45, 7) is 2.99. The highest BCUT2D eigenvalue weighted by atomic mass is 35.5. The molecule has 286 valence electrons. The van der Waals surface area contributed by atoms with Crippen LogP contribution in [0.3, 0.4) is 0 Å². The summed E-state index contributed by atoms with van der Waals surface area (Å²) in [5.74, 6) is 1.16. The maximum atomic E-state index is 13.3. The van der Waals surface area contributed by atoms with Crippen LogP contribution < -0.4 is 15.8 Å². The van der Waals surface area contributed by atoms with Crippen molar-refractivity contribution in [2.24, 2.45) is 0 Å². The van der Waals surface area contributed by atoms with Crippen molar-refractivity contribution >= 4 is 68.0 Å². The van der Waals surface area contributed by atoms with E-state index >= 15 is 0 Å². The largest absolute Gasteiger partial charge is 0.494 e. The number of hydrogen-bond donors (Lipinski definition) is 5. The van der Waals surface area contributed by atoms with E-state index in [4.69, 9.17) is 38.4 Å². The number of ketones is 1. The Balaban J connectivity index is 0.791. The summed E-state index contributed by atoms with van der Waals surface area (Å²) in [6.07, 6.45) is 6.10. The van der Waals surface area contributed by atoms with E-state index in [0.717, 1.165) is 68.7 Å². The molecular formula is C38H43Cl2N7O6S. The number of aliphatic hydroxyl groups excluding tert-OH is 3. The number of carbonyl (C=O) groups is 1. The first kappa shape index (κ1) is 38.4. The number of thiophene rings is 1. The third-order valence-electron chi connectivity index (χ3n) is 9.98. The number of aromatic nitrogens is 4. The van der Waals surface area contributed by atoms with Crippen LogP contribution in [0, 0.1) is 0 Å². The molecule has 5 aromatic rings. The molecule has 0 radical (unpaired) electrons. The summed E-state index contributed by atoms with van der Waals surface area (Å²) in [5.41, 5.74) is 10.2. The molecule has 13 nitrogen and oxygen atoms in total. The fourth-order valence-corrected chi connectivity index (χ4v) is 8.50. The van der Waals surface area contributed by atoms with Gasteiger partial charge in [0, 0.05) is 29.2 Å². The summed E-state index contributed by atoms with van der Waals surface area (Å²) in [6, 6.07) is 12.6. The second-order valence-electron chi connectivity index (χ2n) is 13.6. The Morgan fingerprint density at radius 2 is 1.78 bits per heavy atom. The van der Waals surface area contributed by atoms with E-state index in [-0.39, 0.29) is 5.78 Å². The quantitative estimate of drug-likeness (QED) is 0.0570. The van der Waals surface area contributed by atoms with Crippen LogP contribution in [0.5, 0.6) is 5.75 Å². The number of benzene rings is 2. The van der Waals surface area contributed by atoms with E-state index in [9.17, 15) is 20.1 Å². The number of fused-ring (bicyclic) bond motifs is 2. The first-order valence-corrected chi connectivity index (χ1v) is 19.7. The number of rotatable bonds is 16. The molecule has 0 amide bonds. The number of carbonyl (C=O) groups excluding carboxylic acids is 1. The minimum absolute atomic E-state index is 0.0961. The van der Waals surface area contributed by atoms with E-state index in [2.05, 4.69) is 25.2 Å². The van der Waals surface area contributed by atoms with Gasteiger partial charge >= 0.3 is 0 Å². The number of nitrogen functional groups attached to an aromatic ring is 1. The van der Waals surface area contributed by atoms with Crippen LogP contribution >= 0.6 is 34.5 Å². The number of hydrogen-bond acceptors (Lipinski definition) is 13. The molecule has 0 bridgehead atoms. The molecule has 4 atom stereocenters. The molecule has 54 heavy (non-hydrogen) atoms.